The highest BCUT2D eigenvalue weighted by molar-refractivity contribution is 7.80. The Morgan fingerprint density at radius 1 is 1.60 bits per heavy atom. The molecule has 0 spiro atoms. The third-order valence-corrected chi connectivity index (χ3v) is 1.80. The van der Waals surface area contributed by atoms with Crippen LogP contribution in [0.2, 0.25) is 0 Å². The van der Waals surface area contributed by atoms with Gasteiger partial charge in [0.25, 0.3) is 0 Å². The Kier molecular flexibility index (Phi) is 6.17. The average molecular weight is 163 g/mol. The lowest BCUT2D eigenvalue weighted by molar-refractivity contribution is 0.142. The largest absolute Gasteiger partial charge is 0.384 e. The van der Waals surface area contributed by atoms with Crippen LogP contribution in [0.25, 0.3) is 0 Å². The summed E-state index contributed by atoms with van der Waals surface area (Å²) < 4.78 is 5.00. The molecule has 0 heterocycles. The molecule has 10 heavy (non-hydrogen) atoms. The minimum Gasteiger partial charge on any atom is -0.384 e. The molecule has 0 rings (SSSR count). The summed E-state index contributed by atoms with van der Waals surface area (Å²) in [6.45, 7) is 4.05. The summed E-state index contributed by atoms with van der Waals surface area (Å²) in [6.07, 6.45) is 0. The molecule has 1 atom stereocenters. The number of ether oxygens (including phenoxy) is 1. The Balaban J connectivity index is 3.27. The number of rotatable bonds is 5. The molecule has 0 aromatic rings. The van der Waals surface area contributed by atoms with E-state index in [2.05, 4.69) is 31.5 Å². The molecule has 0 saturated carbocycles. The fraction of sp³-hybridized carbons (Fsp3) is 1.00. The van der Waals surface area contributed by atoms with E-state index in [1.165, 1.54) is 0 Å². The summed E-state index contributed by atoms with van der Waals surface area (Å²) in [6, 6.07) is 0. The Hall–Kier alpha value is 0.270. The molecule has 0 aromatic heterocycles. The van der Waals surface area contributed by atoms with Crippen LogP contribution < -0.4 is 0 Å². The summed E-state index contributed by atoms with van der Waals surface area (Å²) >= 11 is 4.14. The molecule has 0 saturated heterocycles. The zero-order valence-electron chi connectivity index (χ0n) is 7.00. The molecule has 0 aliphatic heterocycles. The van der Waals surface area contributed by atoms with Gasteiger partial charge in [0.1, 0.15) is 0 Å². The van der Waals surface area contributed by atoms with Gasteiger partial charge >= 0.3 is 0 Å². The molecular formula is C7H17NOS. The fourth-order valence-electron chi connectivity index (χ4n) is 0.927. The summed E-state index contributed by atoms with van der Waals surface area (Å²) in [4.78, 5) is 2.16. The molecular weight excluding hydrogens is 146 g/mol. The molecule has 0 bridgehead atoms. The predicted octanol–water partition coefficient (Wildman–Crippen LogP) is 1.09. The van der Waals surface area contributed by atoms with Gasteiger partial charge in [-0.3, -0.25) is 4.90 Å². The third kappa shape index (κ3) is 5.09. The van der Waals surface area contributed by atoms with Crippen molar-refractivity contribution in [3.8, 4) is 0 Å². The normalized spacial score (nSPS) is 14.1. The maximum absolute atomic E-state index is 5.00. The van der Waals surface area contributed by atoms with E-state index in [4.69, 9.17) is 4.74 Å². The first kappa shape index (κ1) is 10.3. The van der Waals surface area contributed by atoms with Gasteiger partial charge in [0, 0.05) is 26.1 Å². The van der Waals surface area contributed by atoms with Gasteiger partial charge in [0.05, 0.1) is 0 Å². The van der Waals surface area contributed by atoms with Gasteiger partial charge in [-0.05, 0) is 13.0 Å². The maximum atomic E-state index is 5.00. The van der Waals surface area contributed by atoms with E-state index < -0.39 is 0 Å². The molecule has 2 nitrogen and oxygen atoms in total. The van der Waals surface area contributed by atoms with Crippen molar-refractivity contribution >= 4 is 12.6 Å². The Bertz CT molecular complexity index is 80.0. The molecule has 3 heteroatoms. The minimum absolute atomic E-state index is 0.599. The summed E-state index contributed by atoms with van der Waals surface area (Å²) in [7, 11) is 3.79. The highest BCUT2D eigenvalue weighted by Crippen LogP contribution is 1.98. The standard InChI is InChI=1S/C7H17NOS/c1-7(5-9-3)4-8(2)6-10/h7,10H,4-6H2,1-3H3. The van der Waals surface area contributed by atoms with Gasteiger partial charge in [-0.2, -0.15) is 12.6 Å². The third-order valence-electron chi connectivity index (χ3n) is 1.32. The van der Waals surface area contributed by atoms with Crippen molar-refractivity contribution in [3.63, 3.8) is 0 Å². The maximum Gasteiger partial charge on any atom is 0.0500 e. The average Bonchev–Trinajstić information content (AvgIpc) is 1.88. The summed E-state index contributed by atoms with van der Waals surface area (Å²) in [5.41, 5.74) is 0. The quantitative estimate of drug-likeness (QED) is 0.481. The van der Waals surface area contributed by atoms with Crippen LogP contribution in [0.1, 0.15) is 6.92 Å². The second-order valence-electron chi connectivity index (χ2n) is 2.74. The van der Waals surface area contributed by atoms with Crippen molar-refractivity contribution in [2.45, 2.75) is 6.92 Å². The monoisotopic (exact) mass is 163 g/mol. The fourth-order valence-corrected chi connectivity index (χ4v) is 1.04. The lowest BCUT2D eigenvalue weighted by Crippen LogP contribution is -2.25. The van der Waals surface area contributed by atoms with Crippen LogP contribution in [0.4, 0.5) is 0 Å². The number of hydrogen-bond acceptors (Lipinski definition) is 3. The van der Waals surface area contributed by atoms with Gasteiger partial charge in [0.15, 0.2) is 0 Å². The number of hydrogen-bond donors (Lipinski definition) is 1. The molecule has 0 N–H and O–H groups in total. The summed E-state index contributed by atoms with van der Waals surface area (Å²) in [5, 5.41) is 0. The predicted molar refractivity (Wildman–Crippen MR) is 47.5 cm³/mol. The van der Waals surface area contributed by atoms with Crippen LogP contribution in [0.15, 0.2) is 0 Å². The second-order valence-corrected chi connectivity index (χ2v) is 3.02. The smallest absolute Gasteiger partial charge is 0.0500 e. The van der Waals surface area contributed by atoms with Crippen LogP contribution in [-0.2, 0) is 4.74 Å². The molecule has 0 aliphatic rings. The molecule has 1 unspecified atom stereocenters. The first-order chi connectivity index (χ1) is 4.70. The van der Waals surface area contributed by atoms with E-state index in [-0.39, 0.29) is 0 Å². The van der Waals surface area contributed by atoms with Crippen LogP contribution in [0.5, 0.6) is 0 Å². The molecule has 0 aliphatic carbocycles. The Morgan fingerprint density at radius 2 is 2.20 bits per heavy atom. The van der Waals surface area contributed by atoms with Crippen molar-refractivity contribution in [1.29, 1.82) is 0 Å². The highest BCUT2D eigenvalue weighted by atomic mass is 32.1. The zero-order valence-corrected chi connectivity index (χ0v) is 7.90. The van der Waals surface area contributed by atoms with E-state index in [1.807, 2.05) is 0 Å². The van der Waals surface area contributed by atoms with E-state index in [1.54, 1.807) is 7.11 Å². The van der Waals surface area contributed by atoms with Crippen LogP contribution in [0, 0.1) is 5.92 Å². The highest BCUT2D eigenvalue weighted by Gasteiger charge is 2.03. The Morgan fingerprint density at radius 3 is 2.60 bits per heavy atom. The van der Waals surface area contributed by atoms with Gasteiger partial charge < -0.3 is 4.74 Å². The van der Waals surface area contributed by atoms with Crippen LogP contribution in [0.3, 0.4) is 0 Å². The lowest BCUT2D eigenvalue weighted by Gasteiger charge is -2.17. The number of thiol groups is 1. The van der Waals surface area contributed by atoms with Crippen molar-refractivity contribution < 1.29 is 4.74 Å². The number of methoxy groups -OCH3 is 1. The van der Waals surface area contributed by atoms with Crippen molar-refractivity contribution in [3.05, 3.63) is 0 Å². The van der Waals surface area contributed by atoms with E-state index in [0.29, 0.717) is 5.92 Å². The van der Waals surface area contributed by atoms with E-state index >= 15 is 0 Å². The molecule has 0 aromatic carbocycles. The van der Waals surface area contributed by atoms with E-state index in [9.17, 15) is 0 Å². The van der Waals surface area contributed by atoms with Crippen LogP contribution in [-0.4, -0.2) is 38.1 Å². The van der Waals surface area contributed by atoms with Gasteiger partial charge in [-0.15, -0.1) is 0 Å². The first-order valence-electron chi connectivity index (χ1n) is 3.49. The topological polar surface area (TPSA) is 12.5 Å². The first-order valence-corrected chi connectivity index (χ1v) is 4.12. The van der Waals surface area contributed by atoms with Gasteiger partial charge in [0.2, 0.25) is 0 Å². The zero-order chi connectivity index (χ0) is 7.98. The minimum atomic E-state index is 0.599. The molecule has 0 amide bonds. The van der Waals surface area contributed by atoms with Gasteiger partial charge in [-0.1, -0.05) is 6.92 Å². The van der Waals surface area contributed by atoms with Crippen LogP contribution >= 0.6 is 12.6 Å². The summed E-state index contributed by atoms with van der Waals surface area (Å²) in [5.74, 6) is 1.41. The second kappa shape index (κ2) is 6.01. The number of nitrogens with zero attached hydrogens (tertiary/aromatic N) is 1. The van der Waals surface area contributed by atoms with Crippen molar-refractivity contribution in [1.82, 2.24) is 4.90 Å². The van der Waals surface area contributed by atoms with Crippen molar-refractivity contribution in [2.75, 3.05) is 33.2 Å². The Labute approximate surface area is 69.0 Å². The molecule has 62 valence electrons. The van der Waals surface area contributed by atoms with Crippen molar-refractivity contribution in [2.24, 2.45) is 5.92 Å². The van der Waals surface area contributed by atoms with Gasteiger partial charge in [-0.25, -0.2) is 0 Å². The molecule has 0 radical (unpaired) electrons. The molecule has 0 fully saturated rings. The van der Waals surface area contributed by atoms with E-state index in [0.717, 1.165) is 19.0 Å². The lowest BCUT2D eigenvalue weighted by atomic mass is 10.2. The SMILES string of the molecule is COCC(C)CN(C)CS.